The number of imide groups is 2. The molecule has 13 heteroatoms. The number of ether oxygens (including phenoxy) is 1. The highest BCUT2D eigenvalue weighted by molar-refractivity contribution is 7.22. The molecular formula is C41H37ClN4O6S2. The van der Waals surface area contributed by atoms with Gasteiger partial charge in [0.05, 0.1) is 41.2 Å². The average molecular weight is 781 g/mol. The molecule has 10 nitrogen and oxygen atoms in total. The van der Waals surface area contributed by atoms with Crippen molar-refractivity contribution < 1.29 is 29.0 Å². The van der Waals surface area contributed by atoms with Crippen molar-refractivity contribution >= 4 is 73.8 Å². The number of fused-ring (bicyclic) bond motifs is 5. The summed E-state index contributed by atoms with van der Waals surface area (Å²) in [5.41, 5.74) is 1.97. The Bertz CT molecular complexity index is 2420. The number of rotatable bonds is 8. The zero-order valence-electron chi connectivity index (χ0n) is 29.8. The van der Waals surface area contributed by atoms with Crippen LogP contribution >= 0.6 is 34.3 Å². The van der Waals surface area contributed by atoms with Crippen molar-refractivity contribution in [3.8, 4) is 16.3 Å². The number of aliphatic hydroxyl groups is 1. The van der Waals surface area contributed by atoms with Crippen LogP contribution in [0.2, 0.25) is 5.02 Å². The molecule has 54 heavy (non-hydrogen) atoms. The van der Waals surface area contributed by atoms with Gasteiger partial charge in [-0.2, -0.15) is 5.10 Å². The maximum atomic E-state index is 15.2. The summed E-state index contributed by atoms with van der Waals surface area (Å²) >= 11 is 9.40. The number of para-hydroxylation sites is 1. The van der Waals surface area contributed by atoms with Gasteiger partial charge in [0.15, 0.2) is 0 Å². The van der Waals surface area contributed by atoms with Crippen LogP contribution in [0.25, 0.3) is 20.7 Å². The number of amides is 4. The van der Waals surface area contributed by atoms with Crippen LogP contribution in [0, 0.1) is 36.0 Å². The van der Waals surface area contributed by atoms with Crippen LogP contribution in [0.5, 0.6) is 5.75 Å². The Labute approximate surface area is 324 Å². The van der Waals surface area contributed by atoms with Crippen molar-refractivity contribution in [2.45, 2.75) is 39.2 Å². The van der Waals surface area contributed by atoms with E-state index in [2.05, 4.69) is 0 Å². The van der Waals surface area contributed by atoms with Gasteiger partial charge >= 0.3 is 0 Å². The first kappa shape index (κ1) is 35.1. The number of halogens is 1. The van der Waals surface area contributed by atoms with Crippen molar-refractivity contribution in [2.24, 2.45) is 36.1 Å². The lowest BCUT2D eigenvalue weighted by molar-refractivity contribution is -0.141. The molecule has 3 fully saturated rings. The quantitative estimate of drug-likeness (QED) is 0.131. The summed E-state index contributed by atoms with van der Waals surface area (Å²) in [7, 11) is 1.73. The number of aryl methyl sites for hydroxylation is 2. The number of carbonyl (C=O) groups is 4. The molecule has 0 unspecified atom stereocenters. The highest BCUT2D eigenvalue weighted by Gasteiger charge is 2.68. The monoisotopic (exact) mass is 780 g/mol. The second kappa shape index (κ2) is 13.0. The first-order valence-electron chi connectivity index (χ1n) is 18.0. The van der Waals surface area contributed by atoms with E-state index in [-0.39, 0.29) is 49.8 Å². The number of aromatic nitrogens is 2. The first-order valence-corrected chi connectivity index (χ1v) is 20.1. The van der Waals surface area contributed by atoms with Gasteiger partial charge in [-0.05, 0) is 79.3 Å². The molecule has 2 aliphatic heterocycles. The largest absolute Gasteiger partial charge is 0.491 e. The zero-order chi connectivity index (χ0) is 37.6. The molecule has 2 aliphatic carbocycles. The van der Waals surface area contributed by atoms with Crippen LogP contribution in [0.1, 0.15) is 41.7 Å². The van der Waals surface area contributed by atoms with Crippen LogP contribution in [0.3, 0.4) is 0 Å². The van der Waals surface area contributed by atoms with Crippen LogP contribution in [-0.2, 0) is 32.8 Å². The van der Waals surface area contributed by atoms with Gasteiger partial charge < -0.3 is 9.84 Å². The molecule has 276 valence electrons. The van der Waals surface area contributed by atoms with Crippen LogP contribution in [-0.4, -0.2) is 56.6 Å². The molecule has 6 atom stereocenters. The smallest absolute Gasteiger partial charge is 0.242 e. The molecule has 1 saturated carbocycles. The van der Waals surface area contributed by atoms with E-state index < -0.39 is 35.0 Å². The Morgan fingerprint density at radius 2 is 1.83 bits per heavy atom. The number of carbonyl (C=O) groups excluding carboxylic acids is 4. The second-order valence-electron chi connectivity index (χ2n) is 14.8. The predicted octanol–water partition coefficient (Wildman–Crippen LogP) is 7.13. The van der Waals surface area contributed by atoms with Crippen molar-refractivity contribution in [3.63, 3.8) is 0 Å². The van der Waals surface area contributed by atoms with Crippen LogP contribution < -0.4 is 9.64 Å². The minimum atomic E-state index is -1.26. The van der Waals surface area contributed by atoms with Crippen LogP contribution in [0.4, 0.5) is 5.82 Å². The van der Waals surface area contributed by atoms with Crippen molar-refractivity contribution in [1.29, 1.82) is 0 Å². The third-order valence-corrected chi connectivity index (χ3v) is 14.4. The molecule has 5 heterocycles. The molecule has 0 radical (unpaired) electrons. The molecule has 5 aromatic rings. The van der Waals surface area contributed by atoms with Crippen molar-refractivity contribution in [2.75, 3.05) is 18.1 Å². The summed E-state index contributed by atoms with van der Waals surface area (Å²) < 4.78 is 8.70. The maximum Gasteiger partial charge on any atom is 0.242 e. The molecule has 1 N–H and O–H groups in total. The highest BCUT2D eigenvalue weighted by Crippen LogP contribution is 2.64. The predicted molar refractivity (Wildman–Crippen MR) is 207 cm³/mol. The van der Waals surface area contributed by atoms with Crippen molar-refractivity contribution in [3.05, 3.63) is 98.7 Å². The summed E-state index contributed by atoms with van der Waals surface area (Å²) in [5.74, 6) is -3.37. The number of hydrogen-bond acceptors (Lipinski definition) is 9. The van der Waals surface area contributed by atoms with Gasteiger partial charge in [0.25, 0.3) is 0 Å². The minimum absolute atomic E-state index is 0.0435. The third-order valence-electron chi connectivity index (χ3n) is 12.1. The fourth-order valence-electron chi connectivity index (χ4n) is 9.58. The standard InChI is InChI=1S/C41H37ClN4O6S2/c1-21-27-17-22(42)10-13-32(27)54-36(21)30-19-33(44(3)43-30)46-38(49)29-18-28-24(11-12-26-34(28)39(50)45(37(26)48)20-23-7-6-16-53-23)35(41(29,2)40(46)51)25-8-4-5-9-31(25)52-15-14-47/h4-11,13,16-17,19,26,28-29,34-35,47H,12,14-15,18,20H2,1-3H3/t26-,28+,29-,34-,35+,41+/m0/s1. The van der Waals surface area contributed by atoms with E-state index in [0.717, 1.165) is 31.0 Å². The molecule has 4 aliphatic rings. The third kappa shape index (κ3) is 5.10. The number of allylic oxidation sites excluding steroid dienone is 2. The van der Waals surface area contributed by atoms with Gasteiger partial charge in [0.1, 0.15) is 23.9 Å². The lowest BCUT2D eigenvalue weighted by Gasteiger charge is -2.49. The fourth-order valence-corrected chi connectivity index (χ4v) is 11.6. The van der Waals surface area contributed by atoms with Gasteiger partial charge in [-0.25, -0.2) is 4.90 Å². The SMILES string of the molecule is Cc1c(-c2cc(N3C(=O)[C@@H]4C[C@@H]5C(=CC[C@@H]6C(=O)N(Cc7cccs7)C(=O)[C@@H]65)[C@H](c5ccccc5OCCO)[C@]4(C)C3=O)n(C)n2)sc2ccc(Cl)cc12. The molecule has 9 rings (SSSR count). The topological polar surface area (TPSA) is 122 Å². The zero-order valence-corrected chi connectivity index (χ0v) is 32.2. The minimum Gasteiger partial charge on any atom is -0.491 e. The number of aliphatic hydroxyl groups excluding tert-OH is 1. The van der Waals surface area contributed by atoms with Crippen molar-refractivity contribution in [1.82, 2.24) is 14.7 Å². The van der Waals surface area contributed by atoms with E-state index in [1.807, 2.05) is 73.8 Å². The number of nitrogens with zero attached hydrogens (tertiary/aromatic N) is 4. The Hall–Kier alpha value is -4.62. The van der Waals surface area contributed by atoms with Gasteiger partial charge in [0.2, 0.25) is 23.6 Å². The number of hydrogen-bond donors (Lipinski definition) is 1. The first-order chi connectivity index (χ1) is 26.0. The Balaban J connectivity index is 1.15. The number of thiophene rings is 2. The molecule has 4 amide bonds. The van der Waals surface area contributed by atoms with Gasteiger partial charge in [0, 0.05) is 39.2 Å². The molecule has 0 bridgehead atoms. The van der Waals surface area contributed by atoms with Gasteiger partial charge in [-0.15, -0.1) is 22.7 Å². The second-order valence-corrected chi connectivity index (χ2v) is 17.3. The molecular weight excluding hydrogens is 744 g/mol. The number of anilines is 1. The maximum absolute atomic E-state index is 15.2. The Morgan fingerprint density at radius 1 is 1.02 bits per heavy atom. The fraction of sp³-hybridized carbons (Fsp3) is 0.341. The Morgan fingerprint density at radius 3 is 2.61 bits per heavy atom. The summed E-state index contributed by atoms with van der Waals surface area (Å²) in [6, 6.07) is 18.8. The van der Waals surface area contributed by atoms with Gasteiger partial charge in [-0.3, -0.25) is 28.8 Å². The summed E-state index contributed by atoms with van der Waals surface area (Å²) in [6.45, 7) is 3.93. The lowest BCUT2D eigenvalue weighted by Crippen LogP contribution is -2.49. The normalized spacial score (nSPS) is 26.4. The van der Waals surface area contributed by atoms with E-state index in [4.69, 9.17) is 21.4 Å². The van der Waals surface area contributed by atoms with E-state index in [0.29, 0.717) is 34.3 Å². The van der Waals surface area contributed by atoms with Gasteiger partial charge in [-0.1, -0.05) is 47.5 Å². The Kier molecular flexibility index (Phi) is 8.46. The number of benzene rings is 2. The van der Waals surface area contributed by atoms with E-state index >= 15 is 4.79 Å². The summed E-state index contributed by atoms with van der Waals surface area (Å²) in [4.78, 5) is 62.8. The van der Waals surface area contributed by atoms with Crippen LogP contribution in [0.15, 0.2) is 77.7 Å². The lowest BCUT2D eigenvalue weighted by atomic mass is 9.51. The number of likely N-dealkylation sites (tertiary alicyclic amines) is 1. The van der Waals surface area contributed by atoms with E-state index in [1.54, 1.807) is 35.2 Å². The van der Waals surface area contributed by atoms with E-state index in [1.165, 1.54) is 21.1 Å². The average Bonchev–Trinajstić information content (AvgIpc) is 3.97. The summed E-state index contributed by atoms with van der Waals surface area (Å²) in [6.07, 6.45) is 2.64. The molecule has 0 spiro atoms. The molecule has 3 aromatic heterocycles. The molecule has 2 saturated heterocycles. The highest BCUT2D eigenvalue weighted by atomic mass is 35.5. The summed E-state index contributed by atoms with van der Waals surface area (Å²) in [5, 5.41) is 18.1. The van der Waals surface area contributed by atoms with E-state index in [9.17, 15) is 19.5 Å². The molecule has 2 aromatic carbocycles.